The lowest BCUT2D eigenvalue weighted by atomic mass is 10.0. The van der Waals surface area contributed by atoms with Crippen molar-refractivity contribution >= 4 is 17.7 Å². The van der Waals surface area contributed by atoms with Gasteiger partial charge < -0.3 is 45.4 Å². The molecule has 2 aliphatic rings. The molecule has 0 aromatic carbocycles. The van der Waals surface area contributed by atoms with Gasteiger partial charge in [-0.1, -0.05) is 0 Å². The topological polar surface area (TPSA) is 178 Å². The molecule has 196 valence electrons. The fraction of sp³-hybridized carbons (Fsp3) is 0.864. The summed E-state index contributed by atoms with van der Waals surface area (Å²) in [7, 11) is 0. The number of ether oxygens (including phenoxy) is 2. The Morgan fingerprint density at radius 2 is 1.03 bits per heavy atom. The van der Waals surface area contributed by atoms with Gasteiger partial charge in [-0.05, 0) is 27.7 Å². The van der Waals surface area contributed by atoms with Crippen molar-refractivity contribution in [3.8, 4) is 0 Å². The molecular formula is C22H39N3O9. The first kappa shape index (κ1) is 28.4. The average molecular weight is 490 g/mol. The highest BCUT2D eigenvalue weighted by Crippen LogP contribution is 2.27. The van der Waals surface area contributed by atoms with Crippen LogP contribution in [0, 0.1) is 0 Å². The zero-order valence-corrected chi connectivity index (χ0v) is 20.4. The van der Waals surface area contributed by atoms with E-state index < -0.39 is 54.7 Å². The van der Waals surface area contributed by atoms with E-state index in [1.807, 2.05) is 0 Å². The predicted molar refractivity (Wildman–Crippen MR) is 119 cm³/mol. The maximum absolute atomic E-state index is 12.3. The molecular weight excluding hydrogens is 450 g/mol. The highest BCUT2D eigenvalue weighted by molar-refractivity contribution is 5.77. The number of carbonyl (C=O) groups is 3. The van der Waals surface area contributed by atoms with E-state index in [4.69, 9.17) is 9.47 Å². The monoisotopic (exact) mass is 489 g/mol. The molecule has 2 aliphatic heterocycles. The Morgan fingerprint density at radius 1 is 0.706 bits per heavy atom. The molecule has 2 fully saturated rings. The van der Waals surface area contributed by atoms with Crippen LogP contribution in [0.15, 0.2) is 0 Å². The fourth-order valence-electron chi connectivity index (χ4n) is 4.18. The molecule has 2 saturated heterocycles. The van der Waals surface area contributed by atoms with Crippen LogP contribution in [0.3, 0.4) is 0 Å². The largest absolute Gasteiger partial charge is 0.388 e. The molecule has 8 atom stereocenters. The Hall–Kier alpha value is -1.83. The summed E-state index contributed by atoms with van der Waals surface area (Å²) in [5, 5.41) is 46.8. The Labute approximate surface area is 199 Å². The maximum atomic E-state index is 12.3. The summed E-state index contributed by atoms with van der Waals surface area (Å²) in [5.41, 5.74) is 0. The molecule has 0 unspecified atom stereocenters. The van der Waals surface area contributed by atoms with Crippen LogP contribution in [0.2, 0.25) is 0 Å². The fourth-order valence-corrected chi connectivity index (χ4v) is 4.18. The average Bonchev–Trinajstić information content (AvgIpc) is 3.11. The SMILES string of the molecule is CC(=O)N(C[C@H]1O[C@@H](CC(=O)NC(C)C)[C@H](O)[C@@H]1O)C[C@H]1O[C@@H](CC(=O)NC(C)C)[C@H](O)[C@@H]1O. The number of carbonyl (C=O) groups excluding carboxylic acids is 3. The quantitative estimate of drug-likeness (QED) is 0.196. The van der Waals surface area contributed by atoms with Gasteiger partial charge in [-0.15, -0.1) is 0 Å². The summed E-state index contributed by atoms with van der Waals surface area (Å²) in [5.74, 6) is -1.07. The van der Waals surface area contributed by atoms with Gasteiger partial charge in [0.05, 0.1) is 25.0 Å². The molecule has 0 bridgehead atoms. The van der Waals surface area contributed by atoms with Gasteiger partial charge in [-0.2, -0.15) is 0 Å². The molecule has 12 nitrogen and oxygen atoms in total. The van der Waals surface area contributed by atoms with Crippen molar-refractivity contribution in [2.24, 2.45) is 0 Å². The second-order valence-corrected chi connectivity index (χ2v) is 9.67. The molecule has 0 radical (unpaired) electrons. The first-order chi connectivity index (χ1) is 15.8. The smallest absolute Gasteiger partial charge is 0.222 e. The standard InChI is InChI=1S/C22H39N3O9/c1-10(2)23-17(27)6-13-19(29)21(31)15(33-13)8-25(12(5)26)9-16-22(32)20(30)14(34-16)7-18(28)24-11(3)4/h10-11,13-16,19-22,29-32H,6-9H2,1-5H3,(H,23,27)(H,24,28)/t13-,14-,15+,16+,19-,20-,21+,22+/m0/s1. The van der Waals surface area contributed by atoms with Crippen LogP contribution in [0.25, 0.3) is 0 Å². The second kappa shape index (κ2) is 12.2. The summed E-state index contributed by atoms with van der Waals surface area (Å²) >= 11 is 0. The first-order valence-corrected chi connectivity index (χ1v) is 11.7. The van der Waals surface area contributed by atoms with E-state index in [1.54, 1.807) is 27.7 Å². The highest BCUT2D eigenvalue weighted by Gasteiger charge is 2.47. The van der Waals surface area contributed by atoms with Crippen LogP contribution in [0.1, 0.15) is 47.5 Å². The molecule has 12 heteroatoms. The molecule has 0 saturated carbocycles. The molecule has 2 rings (SSSR count). The van der Waals surface area contributed by atoms with E-state index in [9.17, 15) is 34.8 Å². The van der Waals surface area contributed by atoms with Crippen molar-refractivity contribution in [2.45, 2.75) is 108 Å². The maximum Gasteiger partial charge on any atom is 0.222 e. The number of hydrogen-bond donors (Lipinski definition) is 6. The summed E-state index contributed by atoms with van der Waals surface area (Å²) in [6.07, 6.45) is -9.38. The Bertz CT molecular complexity index is 668. The molecule has 0 aromatic heterocycles. The molecule has 34 heavy (non-hydrogen) atoms. The summed E-state index contributed by atoms with van der Waals surface area (Å²) in [6.45, 7) is 8.21. The molecule has 0 aromatic rings. The first-order valence-electron chi connectivity index (χ1n) is 11.7. The minimum Gasteiger partial charge on any atom is -0.388 e. The van der Waals surface area contributed by atoms with Crippen molar-refractivity contribution in [2.75, 3.05) is 13.1 Å². The van der Waals surface area contributed by atoms with Gasteiger partial charge >= 0.3 is 0 Å². The van der Waals surface area contributed by atoms with Gasteiger partial charge in [0.1, 0.15) is 36.6 Å². The van der Waals surface area contributed by atoms with Gasteiger partial charge in [0.15, 0.2) is 0 Å². The van der Waals surface area contributed by atoms with Gasteiger partial charge in [0.25, 0.3) is 0 Å². The predicted octanol–water partition coefficient (Wildman–Crippen LogP) is -2.36. The van der Waals surface area contributed by atoms with Crippen LogP contribution in [0.5, 0.6) is 0 Å². The van der Waals surface area contributed by atoms with E-state index in [0.29, 0.717) is 0 Å². The molecule has 6 N–H and O–H groups in total. The van der Waals surface area contributed by atoms with Gasteiger partial charge in [0, 0.05) is 32.1 Å². The van der Waals surface area contributed by atoms with Crippen molar-refractivity contribution in [3.05, 3.63) is 0 Å². The Balaban J connectivity index is 1.98. The zero-order chi connectivity index (χ0) is 25.7. The number of aliphatic hydroxyl groups excluding tert-OH is 4. The Kier molecular flexibility index (Phi) is 10.2. The van der Waals surface area contributed by atoms with E-state index in [2.05, 4.69) is 10.6 Å². The van der Waals surface area contributed by atoms with Crippen LogP contribution >= 0.6 is 0 Å². The third-order valence-electron chi connectivity index (χ3n) is 5.84. The van der Waals surface area contributed by atoms with Crippen LogP contribution in [-0.2, 0) is 23.9 Å². The minimum atomic E-state index is -1.33. The van der Waals surface area contributed by atoms with Crippen molar-refractivity contribution in [1.29, 1.82) is 0 Å². The Morgan fingerprint density at radius 3 is 1.32 bits per heavy atom. The highest BCUT2D eigenvalue weighted by atomic mass is 16.6. The normalized spacial score (nSPS) is 33.4. The third-order valence-corrected chi connectivity index (χ3v) is 5.84. The molecule has 0 spiro atoms. The summed E-state index contributed by atoms with van der Waals surface area (Å²) in [6, 6.07) is -0.179. The van der Waals surface area contributed by atoms with Crippen molar-refractivity contribution in [3.63, 3.8) is 0 Å². The van der Waals surface area contributed by atoms with Gasteiger partial charge in [-0.25, -0.2) is 0 Å². The second-order valence-electron chi connectivity index (χ2n) is 9.67. The minimum absolute atomic E-state index is 0.0894. The number of hydrogen-bond acceptors (Lipinski definition) is 9. The molecule has 2 heterocycles. The zero-order valence-electron chi connectivity index (χ0n) is 20.4. The van der Waals surface area contributed by atoms with Gasteiger partial charge in [0.2, 0.25) is 17.7 Å². The lowest BCUT2D eigenvalue weighted by Crippen LogP contribution is -2.47. The number of nitrogens with one attached hydrogen (secondary N) is 2. The van der Waals surface area contributed by atoms with Crippen LogP contribution < -0.4 is 10.6 Å². The third kappa shape index (κ3) is 7.59. The van der Waals surface area contributed by atoms with Gasteiger partial charge in [-0.3, -0.25) is 14.4 Å². The number of aliphatic hydroxyl groups is 4. The summed E-state index contributed by atoms with van der Waals surface area (Å²) < 4.78 is 11.4. The van der Waals surface area contributed by atoms with E-state index in [1.165, 1.54) is 11.8 Å². The van der Waals surface area contributed by atoms with E-state index in [-0.39, 0.29) is 49.8 Å². The van der Waals surface area contributed by atoms with Crippen LogP contribution in [-0.4, -0.2) is 117 Å². The summed E-state index contributed by atoms with van der Waals surface area (Å²) in [4.78, 5) is 37.6. The number of rotatable bonds is 10. The molecule has 3 amide bonds. The van der Waals surface area contributed by atoms with Crippen LogP contribution in [0.4, 0.5) is 0 Å². The number of amides is 3. The van der Waals surface area contributed by atoms with E-state index >= 15 is 0 Å². The molecule has 0 aliphatic carbocycles. The van der Waals surface area contributed by atoms with Crippen molar-refractivity contribution in [1.82, 2.24) is 15.5 Å². The van der Waals surface area contributed by atoms with E-state index in [0.717, 1.165) is 0 Å². The van der Waals surface area contributed by atoms with Crippen molar-refractivity contribution < 1.29 is 44.3 Å². The lowest BCUT2D eigenvalue weighted by Gasteiger charge is -2.29. The lowest BCUT2D eigenvalue weighted by molar-refractivity contribution is -0.136. The number of nitrogens with zero attached hydrogens (tertiary/aromatic N) is 1.